The van der Waals surface area contributed by atoms with E-state index in [9.17, 15) is 43.2 Å². The highest BCUT2D eigenvalue weighted by atomic mass is 16.5. The highest BCUT2D eigenvalue weighted by molar-refractivity contribution is 6.14. The van der Waals surface area contributed by atoms with E-state index in [1.807, 2.05) is 0 Å². The van der Waals surface area contributed by atoms with E-state index in [-0.39, 0.29) is 52.8 Å². The van der Waals surface area contributed by atoms with E-state index in [1.165, 1.54) is 46.3 Å². The lowest BCUT2D eigenvalue weighted by atomic mass is 10.1. The molecule has 0 radical (unpaired) electrons. The third-order valence-corrected chi connectivity index (χ3v) is 8.78. The third-order valence-electron chi connectivity index (χ3n) is 8.78. The van der Waals surface area contributed by atoms with Crippen molar-refractivity contribution >= 4 is 52.8 Å². The fraction of sp³-hybridized carbons (Fsp3) is 0.643. The van der Waals surface area contributed by atoms with E-state index in [4.69, 9.17) is 14.2 Å². The molecular weight excluding hydrogens is 738 g/mol. The van der Waals surface area contributed by atoms with Gasteiger partial charge in [0.1, 0.15) is 17.3 Å². The maximum atomic E-state index is 11.2. The van der Waals surface area contributed by atoms with Crippen LogP contribution >= 0.6 is 0 Å². The van der Waals surface area contributed by atoms with Gasteiger partial charge in [-0.1, -0.05) is 38.5 Å². The van der Waals surface area contributed by atoms with Crippen LogP contribution < -0.4 is 0 Å². The molecule has 0 aromatic heterocycles. The van der Waals surface area contributed by atoms with E-state index >= 15 is 0 Å². The summed E-state index contributed by atoms with van der Waals surface area (Å²) in [5, 5.41) is 0. The molecule has 0 bridgehead atoms. The highest BCUT2D eigenvalue weighted by Crippen LogP contribution is 2.08. The van der Waals surface area contributed by atoms with Crippen LogP contribution in [-0.2, 0) is 57.4 Å². The maximum Gasteiger partial charge on any atom is 0.253 e. The van der Waals surface area contributed by atoms with Gasteiger partial charge in [0.05, 0.1) is 39.5 Å². The SMILES string of the molecule is CC(=O)CCCCCCCOCCN1C(=O)C=CC1=O.CC(=O)CCCCCCOCCN1C(=O)C=CC1=O.CC(=O)CCCCCOCCN1C(=O)C=CC1=O. The predicted molar refractivity (Wildman–Crippen MR) is 211 cm³/mol. The zero-order chi connectivity index (χ0) is 42.3. The molecule has 0 aromatic rings. The monoisotopic (exact) mass is 801 g/mol. The first-order chi connectivity index (χ1) is 27.3. The van der Waals surface area contributed by atoms with Gasteiger partial charge in [-0.3, -0.25) is 43.5 Å². The van der Waals surface area contributed by atoms with Crippen LogP contribution in [0.25, 0.3) is 0 Å². The molecule has 0 spiro atoms. The van der Waals surface area contributed by atoms with Gasteiger partial charge in [-0.05, 0) is 59.3 Å². The molecule has 15 nitrogen and oxygen atoms in total. The molecule has 0 N–H and O–H groups in total. The van der Waals surface area contributed by atoms with Crippen LogP contribution in [0.15, 0.2) is 36.5 Å². The number of carbonyl (C=O) groups excluding carboxylic acids is 9. The van der Waals surface area contributed by atoms with E-state index in [0.717, 1.165) is 81.9 Å². The topological polar surface area (TPSA) is 191 Å². The van der Waals surface area contributed by atoms with Crippen molar-refractivity contribution in [2.75, 3.05) is 59.3 Å². The molecule has 6 amide bonds. The number of ether oxygens (including phenoxy) is 3. The molecule has 15 heteroatoms. The lowest BCUT2D eigenvalue weighted by Crippen LogP contribution is -2.33. The van der Waals surface area contributed by atoms with E-state index in [2.05, 4.69) is 0 Å². The molecule has 57 heavy (non-hydrogen) atoms. The fourth-order valence-corrected chi connectivity index (χ4v) is 5.52. The fourth-order valence-electron chi connectivity index (χ4n) is 5.52. The summed E-state index contributed by atoms with van der Waals surface area (Å²) in [6, 6.07) is 0. The Kier molecular flexibility index (Phi) is 28.0. The molecule has 0 unspecified atom stereocenters. The average Bonchev–Trinajstić information content (AvgIpc) is 3.79. The Labute approximate surface area is 337 Å². The second kappa shape index (κ2) is 31.6. The van der Waals surface area contributed by atoms with Gasteiger partial charge in [0.15, 0.2) is 0 Å². The van der Waals surface area contributed by atoms with Crippen LogP contribution in [0.2, 0.25) is 0 Å². The molecule has 3 rings (SSSR count). The van der Waals surface area contributed by atoms with Crippen LogP contribution in [0.1, 0.15) is 117 Å². The first-order valence-corrected chi connectivity index (χ1v) is 20.2. The molecule has 0 fully saturated rings. The zero-order valence-corrected chi connectivity index (χ0v) is 34.2. The molecule has 0 aliphatic carbocycles. The van der Waals surface area contributed by atoms with Crippen molar-refractivity contribution in [3.63, 3.8) is 0 Å². The minimum atomic E-state index is -0.273. The Morgan fingerprint density at radius 1 is 0.351 bits per heavy atom. The van der Waals surface area contributed by atoms with Crippen molar-refractivity contribution in [3.8, 4) is 0 Å². The van der Waals surface area contributed by atoms with Gasteiger partial charge >= 0.3 is 0 Å². The van der Waals surface area contributed by atoms with Gasteiger partial charge in [-0.2, -0.15) is 0 Å². The minimum Gasteiger partial charge on any atom is -0.380 e. The third kappa shape index (κ3) is 25.4. The summed E-state index contributed by atoms with van der Waals surface area (Å²) in [5.74, 6) is -0.882. The maximum absolute atomic E-state index is 11.2. The summed E-state index contributed by atoms with van der Waals surface area (Å²) in [6.07, 6.45) is 21.6. The Bertz CT molecular complexity index is 1370. The summed E-state index contributed by atoms with van der Waals surface area (Å²) in [5.41, 5.74) is 0. The summed E-state index contributed by atoms with van der Waals surface area (Å²) < 4.78 is 16.1. The molecule has 0 atom stereocenters. The number of nitrogens with zero attached hydrogens (tertiary/aromatic N) is 3. The van der Waals surface area contributed by atoms with Crippen molar-refractivity contribution in [2.45, 2.75) is 117 Å². The largest absolute Gasteiger partial charge is 0.380 e. The highest BCUT2D eigenvalue weighted by Gasteiger charge is 2.24. The Balaban J connectivity index is 0.000000428. The van der Waals surface area contributed by atoms with E-state index in [1.54, 1.807) is 20.8 Å². The molecule has 3 heterocycles. The summed E-state index contributed by atoms with van der Waals surface area (Å²) in [6.45, 7) is 8.78. The number of carbonyl (C=O) groups is 9. The first-order valence-electron chi connectivity index (χ1n) is 20.2. The van der Waals surface area contributed by atoms with Crippen LogP contribution in [-0.4, -0.2) is 127 Å². The van der Waals surface area contributed by atoms with Crippen molar-refractivity contribution in [1.29, 1.82) is 0 Å². The van der Waals surface area contributed by atoms with Crippen LogP contribution in [0.3, 0.4) is 0 Å². The molecule has 3 aliphatic rings. The van der Waals surface area contributed by atoms with Gasteiger partial charge in [0, 0.05) is 75.5 Å². The predicted octanol–water partition coefficient (Wildman–Crippen LogP) is 4.40. The molecule has 3 aliphatic heterocycles. The molecular formula is C42H63N3O12. The van der Waals surface area contributed by atoms with E-state index in [0.29, 0.717) is 78.5 Å². The van der Waals surface area contributed by atoms with Crippen LogP contribution in [0.5, 0.6) is 0 Å². The zero-order valence-electron chi connectivity index (χ0n) is 34.2. The number of Topliss-reactive ketones (excluding diaryl/α,β-unsaturated/α-hetero) is 3. The van der Waals surface area contributed by atoms with Gasteiger partial charge in [-0.15, -0.1) is 0 Å². The number of hydrogen-bond acceptors (Lipinski definition) is 12. The van der Waals surface area contributed by atoms with Gasteiger partial charge in [0.25, 0.3) is 35.4 Å². The Morgan fingerprint density at radius 2 is 0.561 bits per heavy atom. The van der Waals surface area contributed by atoms with Gasteiger partial charge in [0.2, 0.25) is 0 Å². The van der Waals surface area contributed by atoms with Crippen molar-refractivity contribution in [2.24, 2.45) is 0 Å². The van der Waals surface area contributed by atoms with E-state index < -0.39 is 0 Å². The number of rotatable bonds is 30. The van der Waals surface area contributed by atoms with Crippen LogP contribution in [0.4, 0.5) is 0 Å². The van der Waals surface area contributed by atoms with Crippen molar-refractivity contribution < 1.29 is 57.4 Å². The van der Waals surface area contributed by atoms with Gasteiger partial charge < -0.3 is 28.6 Å². The van der Waals surface area contributed by atoms with Gasteiger partial charge in [-0.25, -0.2) is 0 Å². The normalized spacial score (nSPS) is 14.5. The Morgan fingerprint density at radius 3 is 0.807 bits per heavy atom. The smallest absolute Gasteiger partial charge is 0.253 e. The molecule has 318 valence electrons. The van der Waals surface area contributed by atoms with Crippen LogP contribution in [0, 0.1) is 0 Å². The molecule has 0 aromatic carbocycles. The number of hydrogen-bond donors (Lipinski definition) is 0. The van der Waals surface area contributed by atoms with Crippen molar-refractivity contribution in [3.05, 3.63) is 36.5 Å². The standard InChI is InChI=1S/C15H23NO4.C14H21NO4.C13H19NO4/c1-13(17)7-5-3-2-4-6-11-20-12-10-16-14(18)8-9-15(16)19;1-12(16)6-4-2-3-5-10-19-11-9-15-13(17)7-8-14(15)18;1-11(15)5-3-2-4-9-18-10-8-14-12(16)6-7-13(14)17/h8-9H,2-7,10-12H2,1H3;7-8H,2-6,9-11H2,1H3;6-7H,2-5,8-10H2,1H3. The lowest BCUT2D eigenvalue weighted by molar-refractivity contribution is -0.139. The average molecular weight is 802 g/mol. The summed E-state index contributed by atoms with van der Waals surface area (Å²) >= 11 is 0. The second-order valence-electron chi connectivity index (χ2n) is 13.9. The number of imide groups is 3. The number of ketones is 3. The quantitative estimate of drug-likeness (QED) is 0.0736. The second-order valence-corrected chi connectivity index (χ2v) is 13.9. The lowest BCUT2D eigenvalue weighted by Gasteiger charge is -2.13. The number of unbranched alkanes of at least 4 members (excludes halogenated alkanes) is 9. The summed E-state index contributed by atoms with van der Waals surface area (Å²) in [4.78, 5) is 103. The number of amides is 6. The minimum absolute atomic E-state index is 0.217. The molecule has 0 saturated heterocycles. The first kappa shape index (κ1) is 50.5. The summed E-state index contributed by atoms with van der Waals surface area (Å²) in [7, 11) is 0. The van der Waals surface area contributed by atoms with Crippen molar-refractivity contribution in [1.82, 2.24) is 14.7 Å². The molecule has 0 saturated carbocycles. The Hall–Kier alpha value is -4.47.